The number of hydrogen-bond donors (Lipinski definition) is 0. The Balaban J connectivity index is 1.81. The molecule has 0 fully saturated rings. The Morgan fingerprint density at radius 1 is 1.12 bits per heavy atom. The van der Waals surface area contributed by atoms with Gasteiger partial charge in [0.2, 0.25) is 0 Å². The first-order valence-electron chi connectivity index (χ1n) is 8.45. The van der Waals surface area contributed by atoms with Crippen LogP contribution >= 0.6 is 0 Å². The average Bonchev–Trinajstić information content (AvgIpc) is 3.15. The van der Waals surface area contributed by atoms with Crippen LogP contribution in [0.25, 0.3) is 22.0 Å². The van der Waals surface area contributed by atoms with Gasteiger partial charge >= 0.3 is 6.09 Å². The highest BCUT2D eigenvalue weighted by molar-refractivity contribution is 5.88. The number of carbonyl (C=O) groups excluding carboxylic acids is 1. The summed E-state index contributed by atoms with van der Waals surface area (Å²) in [5, 5.41) is 5.07. The molecule has 0 radical (unpaired) electrons. The number of carbonyl (C=O) groups is 1. The summed E-state index contributed by atoms with van der Waals surface area (Å²) >= 11 is 0. The van der Waals surface area contributed by atoms with Gasteiger partial charge in [-0.25, -0.2) is 14.3 Å². The van der Waals surface area contributed by atoms with Crippen molar-refractivity contribution in [1.82, 2.24) is 14.7 Å². The third-order valence-corrected chi connectivity index (χ3v) is 3.98. The van der Waals surface area contributed by atoms with Gasteiger partial charge in [0, 0.05) is 5.39 Å². The molecule has 6 nitrogen and oxygen atoms in total. The zero-order chi connectivity index (χ0) is 18.3. The number of aromatic nitrogens is 3. The highest BCUT2D eigenvalue weighted by atomic mass is 16.6. The van der Waals surface area contributed by atoms with E-state index in [1.54, 1.807) is 0 Å². The molecule has 26 heavy (non-hydrogen) atoms. The fourth-order valence-corrected chi connectivity index (χ4v) is 2.92. The Kier molecular flexibility index (Phi) is 3.76. The molecule has 4 rings (SSSR count). The van der Waals surface area contributed by atoms with Crippen molar-refractivity contribution in [3.63, 3.8) is 0 Å². The van der Waals surface area contributed by atoms with Gasteiger partial charge in [-0.1, -0.05) is 29.4 Å². The van der Waals surface area contributed by atoms with Gasteiger partial charge in [0.25, 0.3) is 0 Å². The zero-order valence-electron chi connectivity index (χ0n) is 14.9. The highest BCUT2D eigenvalue weighted by Gasteiger charge is 2.24. The number of para-hydroxylation sites is 3. The molecule has 0 aliphatic heterocycles. The summed E-state index contributed by atoms with van der Waals surface area (Å²) in [4.78, 5) is 17.4. The molecule has 2 aromatic heterocycles. The predicted molar refractivity (Wildman–Crippen MR) is 98.2 cm³/mol. The van der Waals surface area contributed by atoms with Crippen LogP contribution in [-0.2, 0) is 11.2 Å². The van der Waals surface area contributed by atoms with Gasteiger partial charge in [-0.05, 0) is 45.0 Å². The molecule has 0 atom stereocenters. The molecule has 0 aliphatic carbocycles. The van der Waals surface area contributed by atoms with E-state index in [-0.39, 0.29) is 0 Å². The standard InChI is InChI=1S/C20H19N3O3/c1-20(2,3)25-19(24)23-16-10-6-5-9-14(16)21-18(23)12-15-13-8-4-7-11-17(13)26-22-15/h4-11H,12H2,1-3H3. The van der Waals surface area contributed by atoms with E-state index in [9.17, 15) is 4.79 Å². The van der Waals surface area contributed by atoms with Crippen LogP contribution in [0.5, 0.6) is 0 Å². The third kappa shape index (κ3) is 2.94. The van der Waals surface area contributed by atoms with Crippen molar-refractivity contribution in [2.75, 3.05) is 0 Å². The second kappa shape index (κ2) is 5.98. The van der Waals surface area contributed by atoms with Crippen LogP contribution in [0.1, 0.15) is 32.3 Å². The van der Waals surface area contributed by atoms with Gasteiger partial charge in [0.15, 0.2) is 5.58 Å². The summed E-state index contributed by atoms with van der Waals surface area (Å²) in [6.45, 7) is 5.53. The summed E-state index contributed by atoms with van der Waals surface area (Å²) in [5.41, 5.74) is 2.30. The summed E-state index contributed by atoms with van der Waals surface area (Å²) in [6.07, 6.45) is -0.0840. The van der Waals surface area contributed by atoms with Crippen LogP contribution in [0.3, 0.4) is 0 Å². The molecule has 6 heteroatoms. The molecular weight excluding hydrogens is 330 g/mol. The molecule has 0 unspecified atom stereocenters. The lowest BCUT2D eigenvalue weighted by Gasteiger charge is -2.20. The first-order valence-corrected chi connectivity index (χ1v) is 8.45. The maximum absolute atomic E-state index is 12.8. The van der Waals surface area contributed by atoms with Crippen molar-refractivity contribution in [2.24, 2.45) is 0 Å². The van der Waals surface area contributed by atoms with Crippen molar-refractivity contribution in [3.8, 4) is 0 Å². The average molecular weight is 349 g/mol. The van der Waals surface area contributed by atoms with E-state index >= 15 is 0 Å². The molecule has 4 aromatic rings. The summed E-state index contributed by atoms with van der Waals surface area (Å²) < 4.78 is 12.5. The van der Waals surface area contributed by atoms with E-state index in [0.29, 0.717) is 23.3 Å². The minimum atomic E-state index is -0.597. The first kappa shape index (κ1) is 16.3. The van der Waals surface area contributed by atoms with E-state index in [0.717, 1.165) is 16.6 Å². The normalized spacial score (nSPS) is 12.0. The molecule has 0 N–H and O–H groups in total. The van der Waals surface area contributed by atoms with Crippen LogP contribution in [0.2, 0.25) is 0 Å². The maximum atomic E-state index is 12.8. The topological polar surface area (TPSA) is 70.2 Å². The number of nitrogens with zero attached hydrogens (tertiary/aromatic N) is 3. The second-order valence-electron chi connectivity index (χ2n) is 7.13. The number of ether oxygens (including phenoxy) is 1. The fourth-order valence-electron chi connectivity index (χ4n) is 2.92. The summed E-state index contributed by atoms with van der Waals surface area (Å²) in [7, 11) is 0. The third-order valence-electron chi connectivity index (χ3n) is 3.98. The SMILES string of the molecule is CC(C)(C)OC(=O)n1c(Cc2noc3ccccc23)nc2ccccc21. The number of benzene rings is 2. The lowest BCUT2D eigenvalue weighted by atomic mass is 10.1. The van der Waals surface area contributed by atoms with Crippen LogP contribution in [0.4, 0.5) is 4.79 Å². The van der Waals surface area contributed by atoms with Crippen LogP contribution in [0.15, 0.2) is 53.1 Å². The molecule has 132 valence electrons. The molecule has 2 heterocycles. The number of rotatable bonds is 2. The lowest BCUT2D eigenvalue weighted by Crippen LogP contribution is -2.28. The summed E-state index contributed by atoms with van der Waals surface area (Å²) in [5.74, 6) is 0.569. The van der Waals surface area contributed by atoms with Crippen molar-refractivity contribution < 1.29 is 14.1 Å². The van der Waals surface area contributed by atoms with E-state index in [4.69, 9.17) is 9.26 Å². The van der Waals surface area contributed by atoms with Crippen molar-refractivity contribution >= 4 is 28.1 Å². The van der Waals surface area contributed by atoms with Crippen molar-refractivity contribution in [3.05, 3.63) is 60.0 Å². The van der Waals surface area contributed by atoms with E-state index in [2.05, 4.69) is 10.1 Å². The largest absolute Gasteiger partial charge is 0.443 e. The molecule has 0 saturated heterocycles. The van der Waals surface area contributed by atoms with E-state index < -0.39 is 11.7 Å². The van der Waals surface area contributed by atoms with Gasteiger partial charge < -0.3 is 9.26 Å². The molecule has 0 aliphatic rings. The number of imidazole rings is 1. The fraction of sp³-hybridized carbons (Fsp3) is 0.250. The van der Waals surface area contributed by atoms with E-state index in [1.165, 1.54) is 4.57 Å². The Hall–Kier alpha value is -3.15. The van der Waals surface area contributed by atoms with Crippen LogP contribution < -0.4 is 0 Å². The molecule has 0 bridgehead atoms. The Morgan fingerprint density at radius 3 is 2.65 bits per heavy atom. The van der Waals surface area contributed by atoms with Gasteiger partial charge in [-0.15, -0.1) is 0 Å². The predicted octanol–water partition coefficient (Wildman–Crippen LogP) is 4.55. The van der Waals surface area contributed by atoms with Crippen molar-refractivity contribution in [2.45, 2.75) is 32.8 Å². The van der Waals surface area contributed by atoms with Gasteiger partial charge in [-0.3, -0.25) is 0 Å². The summed E-state index contributed by atoms with van der Waals surface area (Å²) in [6, 6.07) is 15.1. The van der Waals surface area contributed by atoms with Gasteiger partial charge in [0.1, 0.15) is 11.4 Å². The van der Waals surface area contributed by atoms with E-state index in [1.807, 2.05) is 69.3 Å². The molecule has 0 saturated carbocycles. The minimum Gasteiger partial charge on any atom is -0.443 e. The highest BCUT2D eigenvalue weighted by Crippen LogP contribution is 2.24. The minimum absolute atomic E-state index is 0.366. The molecule has 2 aromatic carbocycles. The quantitative estimate of drug-likeness (QED) is 0.531. The molecule has 0 amide bonds. The van der Waals surface area contributed by atoms with Crippen LogP contribution in [0, 0.1) is 0 Å². The van der Waals surface area contributed by atoms with Crippen molar-refractivity contribution in [1.29, 1.82) is 0 Å². The molecular formula is C20H19N3O3. The van der Waals surface area contributed by atoms with Gasteiger partial charge in [0.05, 0.1) is 23.1 Å². The Labute approximate surface area is 150 Å². The zero-order valence-corrected chi connectivity index (χ0v) is 14.9. The van der Waals surface area contributed by atoms with Crippen LogP contribution in [-0.4, -0.2) is 26.4 Å². The Morgan fingerprint density at radius 2 is 1.85 bits per heavy atom. The monoisotopic (exact) mass is 349 g/mol. The first-order chi connectivity index (χ1) is 12.4. The second-order valence-corrected chi connectivity index (χ2v) is 7.13. The lowest BCUT2D eigenvalue weighted by molar-refractivity contribution is 0.0539. The maximum Gasteiger partial charge on any atom is 0.420 e. The number of fused-ring (bicyclic) bond motifs is 2. The smallest absolute Gasteiger partial charge is 0.420 e. The Bertz CT molecular complexity index is 1100. The van der Waals surface area contributed by atoms with Gasteiger partial charge in [-0.2, -0.15) is 0 Å². The molecule has 0 spiro atoms. The number of hydrogen-bond acceptors (Lipinski definition) is 5.